The quantitative estimate of drug-likeness (QED) is 0.839. The van der Waals surface area contributed by atoms with Crippen molar-refractivity contribution in [2.45, 2.75) is 23.7 Å². The van der Waals surface area contributed by atoms with Gasteiger partial charge in [0.05, 0.1) is 5.75 Å². The van der Waals surface area contributed by atoms with Gasteiger partial charge in [-0.15, -0.1) is 23.1 Å². The van der Waals surface area contributed by atoms with Gasteiger partial charge < -0.3 is 5.11 Å². The van der Waals surface area contributed by atoms with E-state index in [0.29, 0.717) is 11.3 Å². The van der Waals surface area contributed by atoms with Crippen molar-refractivity contribution in [1.29, 1.82) is 0 Å². The molecule has 1 aromatic carbocycles. The highest BCUT2D eigenvalue weighted by molar-refractivity contribution is 7.98. The van der Waals surface area contributed by atoms with E-state index < -0.39 is 22.7 Å². The van der Waals surface area contributed by atoms with Gasteiger partial charge in [0.25, 0.3) is 0 Å². The summed E-state index contributed by atoms with van der Waals surface area (Å²) in [7, 11) is 0. The fraction of sp³-hybridized carbons (Fsp3) is 0.231. The van der Waals surface area contributed by atoms with Crippen molar-refractivity contribution in [3.63, 3.8) is 0 Å². The summed E-state index contributed by atoms with van der Waals surface area (Å²) in [6.45, 7) is 1.93. The van der Waals surface area contributed by atoms with Crippen molar-refractivity contribution in [2.24, 2.45) is 0 Å². The number of rotatable bonds is 4. The van der Waals surface area contributed by atoms with Crippen LogP contribution in [-0.4, -0.2) is 16.1 Å². The van der Waals surface area contributed by atoms with Crippen molar-refractivity contribution in [3.8, 4) is 0 Å². The number of carboxylic acids is 1. The van der Waals surface area contributed by atoms with Gasteiger partial charge in [-0.3, -0.25) is 0 Å². The first kappa shape index (κ1) is 15.8. The van der Waals surface area contributed by atoms with E-state index in [1.165, 1.54) is 11.8 Å². The summed E-state index contributed by atoms with van der Waals surface area (Å²) in [5.41, 5.74) is -0.236. The Morgan fingerprint density at radius 3 is 2.43 bits per heavy atom. The number of thiazole rings is 1. The third kappa shape index (κ3) is 3.98. The summed E-state index contributed by atoms with van der Waals surface area (Å²) in [4.78, 5) is 14.4. The standard InChI is InChI=1S/C13H10F3NO2S2/c1-7-2-4-8(5-3-7)20-6-9-17-11(13(14,15)16)10(21-9)12(18)19/h2-5H,6H2,1H3,(H,18,19). The second-order valence-electron chi connectivity index (χ2n) is 4.19. The zero-order valence-corrected chi connectivity index (χ0v) is 12.4. The lowest BCUT2D eigenvalue weighted by atomic mass is 10.2. The predicted octanol–water partition coefficient (Wildman–Crippen LogP) is 4.46. The van der Waals surface area contributed by atoms with E-state index in [-0.39, 0.29) is 10.8 Å². The van der Waals surface area contributed by atoms with Crippen LogP contribution in [0.3, 0.4) is 0 Å². The maximum Gasteiger partial charge on any atom is 0.435 e. The maximum atomic E-state index is 12.7. The van der Waals surface area contributed by atoms with Gasteiger partial charge in [-0.1, -0.05) is 17.7 Å². The minimum absolute atomic E-state index is 0.144. The molecule has 3 nitrogen and oxygen atoms in total. The minimum atomic E-state index is -4.75. The van der Waals surface area contributed by atoms with Crippen LogP contribution in [0.4, 0.5) is 13.2 Å². The average molecular weight is 333 g/mol. The molecule has 0 aliphatic heterocycles. The Morgan fingerprint density at radius 2 is 1.95 bits per heavy atom. The molecule has 21 heavy (non-hydrogen) atoms. The molecule has 8 heteroatoms. The summed E-state index contributed by atoms with van der Waals surface area (Å²) in [5.74, 6) is -1.41. The number of aromatic nitrogens is 1. The monoisotopic (exact) mass is 333 g/mol. The summed E-state index contributed by atoms with van der Waals surface area (Å²) in [6.07, 6.45) is -4.75. The second-order valence-corrected chi connectivity index (χ2v) is 6.32. The number of carboxylic acid groups (broad SMARTS) is 1. The molecule has 1 N–H and O–H groups in total. The fourth-order valence-corrected chi connectivity index (χ4v) is 3.36. The highest BCUT2D eigenvalue weighted by Gasteiger charge is 2.39. The van der Waals surface area contributed by atoms with Gasteiger partial charge in [0.15, 0.2) is 5.69 Å². The number of hydrogen-bond donors (Lipinski definition) is 1. The van der Waals surface area contributed by atoms with Crippen LogP contribution in [0.15, 0.2) is 29.2 Å². The largest absolute Gasteiger partial charge is 0.477 e. The van der Waals surface area contributed by atoms with Gasteiger partial charge in [-0.2, -0.15) is 13.2 Å². The lowest BCUT2D eigenvalue weighted by Crippen LogP contribution is -2.11. The Bertz CT molecular complexity index is 650. The van der Waals surface area contributed by atoms with Crippen LogP contribution in [0.5, 0.6) is 0 Å². The van der Waals surface area contributed by atoms with Crippen molar-refractivity contribution in [1.82, 2.24) is 4.98 Å². The summed E-state index contributed by atoms with van der Waals surface area (Å²) in [5, 5.41) is 8.97. The third-order valence-corrected chi connectivity index (χ3v) is 4.77. The Hall–Kier alpha value is -1.54. The van der Waals surface area contributed by atoms with E-state index in [0.717, 1.165) is 10.5 Å². The van der Waals surface area contributed by atoms with E-state index in [1.807, 2.05) is 31.2 Å². The number of benzene rings is 1. The van der Waals surface area contributed by atoms with E-state index in [9.17, 15) is 18.0 Å². The molecule has 1 heterocycles. The first-order chi connectivity index (χ1) is 9.77. The third-order valence-electron chi connectivity index (χ3n) is 2.52. The van der Waals surface area contributed by atoms with E-state index in [2.05, 4.69) is 4.98 Å². The Labute approximate surface area is 126 Å². The van der Waals surface area contributed by atoms with Gasteiger partial charge in [0.2, 0.25) is 0 Å². The normalized spacial score (nSPS) is 11.6. The molecule has 2 aromatic rings. The highest BCUT2D eigenvalue weighted by atomic mass is 32.2. The summed E-state index contributed by atoms with van der Waals surface area (Å²) >= 11 is 1.88. The molecular formula is C13H10F3NO2S2. The topological polar surface area (TPSA) is 50.2 Å². The van der Waals surface area contributed by atoms with Gasteiger partial charge >= 0.3 is 12.1 Å². The van der Waals surface area contributed by atoms with E-state index >= 15 is 0 Å². The first-order valence-corrected chi connectivity index (χ1v) is 7.57. The number of aryl methyl sites for hydroxylation is 1. The molecule has 1 aromatic heterocycles. The van der Waals surface area contributed by atoms with Gasteiger partial charge in [0, 0.05) is 4.90 Å². The van der Waals surface area contributed by atoms with Crippen molar-refractivity contribution in [3.05, 3.63) is 45.4 Å². The molecule has 0 bridgehead atoms. The molecule has 0 unspecified atom stereocenters. The minimum Gasteiger partial charge on any atom is -0.477 e. The van der Waals surface area contributed by atoms with E-state index in [1.54, 1.807) is 0 Å². The van der Waals surface area contributed by atoms with Gasteiger partial charge in [0.1, 0.15) is 9.88 Å². The number of aromatic carboxylic acids is 1. The molecule has 0 saturated heterocycles. The molecule has 0 radical (unpaired) electrons. The number of thioether (sulfide) groups is 1. The molecule has 0 spiro atoms. The number of nitrogens with zero attached hydrogens (tertiary/aromatic N) is 1. The smallest absolute Gasteiger partial charge is 0.435 e. The number of carbonyl (C=O) groups is 1. The van der Waals surface area contributed by atoms with Crippen LogP contribution >= 0.6 is 23.1 Å². The molecule has 112 valence electrons. The first-order valence-electron chi connectivity index (χ1n) is 5.77. The van der Waals surface area contributed by atoms with Gasteiger partial charge in [-0.25, -0.2) is 9.78 Å². The Morgan fingerprint density at radius 1 is 1.33 bits per heavy atom. The lowest BCUT2D eigenvalue weighted by Gasteiger charge is -2.02. The van der Waals surface area contributed by atoms with Crippen LogP contribution in [0.2, 0.25) is 0 Å². The SMILES string of the molecule is Cc1ccc(SCc2nc(C(F)(F)F)c(C(=O)O)s2)cc1. The molecular weight excluding hydrogens is 323 g/mol. The zero-order chi connectivity index (χ0) is 15.6. The highest BCUT2D eigenvalue weighted by Crippen LogP contribution is 2.36. The Balaban J connectivity index is 2.17. The molecule has 2 rings (SSSR count). The van der Waals surface area contributed by atoms with Crippen molar-refractivity contribution in [2.75, 3.05) is 0 Å². The number of alkyl halides is 3. The molecule has 0 saturated carbocycles. The van der Waals surface area contributed by atoms with Crippen LogP contribution in [-0.2, 0) is 11.9 Å². The predicted molar refractivity (Wildman–Crippen MR) is 74.8 cm³/mol. The fourth-order valence-electron chi connectivity index (χ4n) is 1.54. The van der Waals surface area contributed by atoms with Crippen LogP contribution in [0.1, 0.15) is 25.9 Å². The van der Waals surface area contributed by atoms with Crippen LogP contribution in [0, 0.1) is 6.92 Å². The molecule has 0 aliphatic carbocycles. The second kappa shape index (κ2) is 6.07. The zero-order valence-electron chi connectivity index (χ0n) is 10.8. The van der Waals surface area contributed by atoms with Crippen molar-refractivity contribution < 1.29 is 23.1 Å². The Kier molecular flexibility index (Phi) is 4.58. The molecule has 0 fully saturated rings. The molecule has 0 amide bonds. The van der Waals surface area contributed by atoms with Crippen LogP contribution < -0.4 is 0 Å². The average Bonchev–Trinajstić information content (AvgIpc) is 2.82. The number of halogens is 3. The summed E-state index contributed by atoms with van der Waals surface area (Å²) in [6, 6.07) is 7.51. The molecule has 0 aliphatic rings. The van der Waals surface area contributed by atoms with E-state index in [4.69, 9.17) is 5.11 Å². The summed E-state index contributed by atoms with van der Waals surface area (Å²) < 4.78 is 38.1. The van der Waals surface area contributed by atoms with Gasteiger partial charge in [-0.05, 0) is 19.1 Å². The van der Waals surface area contributed by atoms with Crippen molar-refractivity contribution >= 4 is 29.1 Å². The lowest BCUT2D eigenvalue weighted by molar-refractivity contribution is -0.141. The van der Waals surface area contributed by atoms with Crippen LogP contribution in [0.25, 0.3) is 0 Å². The number of hydrogen-bond acceptors (Lipinski definition) is 4. The maximum absolute atomic E-state index is 12.7. The molecule has 0 atom stereocenters.